The minimum absolute atomic E-state index is 0.00257. The zero-order chi connectivity index (χ0) is 32.8. The number of nitrogens with zero attached hydrogens (tertiary/aromatic N) is 4. The van der Waals surface area contributed by atoms with E-state index >= 15 is 0 Å². The third-order valence-electron chi connectivity index (χ3n) is 8.20. The smallest absolute Gasteiger partial charge is 0.243 e. The van der Waals surface area contributed by atoms with E-state index in [9.17, 15) is 16.8 Å². The lowest BCUT2D eigenvalue weighted by Gasteiger charge is -2.30. The zero-order valence-electron chi connectivity index (χ0n) is 27.2. The lowest BCUT2D eigenvalue weighted by molar-refractivity contribution is 0.000824. The molecule has 2 fully saturated rings. The van der Waals surface area contributed by atoms with Crippen molar-refractivity contribution in [3.8, 4) is 0 Å². The summed E-state index contributed by atoms with van der Waals surface area (Å²) >= 11 is 0. The molecule has 2 heterocycles. The van der Waals surface area contributed by atoms with Gasteiger partial charge < -0.3 is 18.9 Å². The first-order valence-electron chi connectivity index (χ1n) is 16.1. The normalized spacial score (nSPS) is 23.9. The molecule has 14 heteroatoms. The summed E-state index contributed by atoms with van der Waals surface area (Å²) in [5.74, 6) is 0. The monoisotopic (exact) mass is 682 g/mol. The fraction of sp³-hybridized carbons (Fsp3) is 0.625. The molecule has 0 N–H and O–H groups in total. The van der Waals surface area contributed by atoms with Gasteiger partial charge in [0.25, 0.3) is 0 Å². The van der Waals surface area contributed by atoms with Gasteiger partial charge in [-0.25, -0.2) is 16.8 Å². The summed E-state index contributed by atoms with van der Waals surface area (Å²) in [6.07, 6.45) is 0. The molecule has 12 nitrogen and oxygen atoms in total. The van der Waals surface area contributed by atoms with Gasteiger partial charge in [0.05, 0.1) is 62.6 Å². The summed E-state index contributed by atoms with van der Waals surface area (Å²) < 4.78 is 82.2. The molecule has 0 spiro atoms. The van der Waals surface area contributed by atoms with Crippen LogP contribution in [0.1, 0.15) is 11.1 Å². The van der Waals surface area contributed by atoms with Gasteiger partial charge in [0.15, 0.2) is 0 Å². The zero-order valence-corrected chi connectivity index (χ0v) is 28.9. The van der Waals surface area contributed by atoms with Crippen LogP contribution in [0, 0.1) is 13.8 Å². The van der Waals surface area contributed by atoms with Gasteiger partial charge in [-0.2, -0.15) is 8.61 Å². The van der Waals surface area contributed by atoms with Crippen LogP contribution in [0.5, 0.6) is 0 Å². The van der Waals surface area contributed by atoms with E-state index in [0.29, 0.717) is 92.1 Å². The van der Waals surface area contributed by atoms with Crippen LogP contribution in [0.15, 0.2) is 58.3 Å². The molecule has 0 amide bonds. The van der Waals surface area contributed by atoms with Gasteiger partial charge >= 0.3 is 0 Å². The first kappa shape index (κ1) is 36.8. The largest absolute Gasteiger partial charge is 0.379 e. The molecule has 2 aliphatic rings. The van der Waals surface area contributed by atoms with Gasteiger partial charge in [-0.05, 0) is 38.1 Å². The van der Waals surface area contributed by atoms with E-state index in [1.54, 1.807) is 48.5 Å². The average molecular weight is 683 g/mol. The second-order valence-corrected chi connectivity index (χ2v) is 15.4. The maximum absolute atomic E-state index is 14.0. The van der Waals surface area contributed by atoms with E-state index in [1.807, 2.05) is 13.8 Å². The number of fused-ring (bicyclic) bond motifs is 6. The van der Waals surface area contributed by atoms with Crippen LogP contribution in [0.2, 0.25) is 0 Å². The molecule has 2 aromatic carbocycles. The summed E-state index contributed by atoms with van der Waals surface area (Å²) in [6, 6.07) is 13.5. The third-order valence-corrected chi connectivity index (χ3v) is 12.0. The molecule has 46 heavy (non-hydrogen) atoms. The van der Waals surface area contributed by atoms with Crippen molar-refractivity contribution in [3.63, 3.8) is 0 Å². The number of sulfonamides is 2. The number of ether oxygens (including phenoxy) is 4. The lowest BCUT2D eigenvalue weighted by atomic mass is 10.2. The summed E-state index contributed by atoms with van der Waals surface area (Å²) in [5, 5.41) is 0. The van der Waals surface area contributed by atoms with Crippen LogP contribution in [0.25, 0.3) is 0 Å². The Morgan fingerprint density at radius 2 is 0.696 bits per heavy atom. The van der Waals surface area contributed by atoms with Crippen molar-refractivity contribution in [2.24, 2.45) is 0 Å². The molecule has 2 aliphatic heterocycles. The third kappa shape index (κ3) is 11.3. The Balaban J connectivity index is 1.66. The molecule has 2 unspecified atom stereocenters. The van der Waals surface area contributed by atoms with E-state index in [2.05, 4.69) is 9.80 Å². The SMILES string of the molecule is Cc1ccc(S(=O)(=O)N2CCN3CCOCCOCCOCCN(CCOCC3)CCN(S(=O)(=O)c3ccc(C)cc3)CC2)cc1. The molecule has 0 saturated carbocycles. The molecular formula is C32H50N4O8S2. The Labute approximate surface area is 275 Å². The van der Waals surface area contributed by atoms with Crippen molar-refractivity contribution in [1.82, 2.24) is 18.4 Å². The average Bonchev–Trinajstić information content (AvgIpc) is 3.03. The van der Waals surface area contributed by atoms with Gasteiger partial charge in [-0.1, -0.05) is 35.4 Å². The van der Waals surface area contributed by atoms with Crippen molar-refractivity contribution >= 4 is 20.0 Å². The molecule has 0 aliphatic carbocycles. The molecule has 2 bridgehead atoms. The molecule has 2 saturated heterocycles. The highest BCUT2D eigenvalue weighted by atomic mass is 32.2. The highest BCUT2D eigenvalue weighted by Gasteiger charge is 2.30. The highest BCUT2D eigenvalue weighted by Crippen LogP contribution is 2.20. The summed E-state index contributed by atoms with van der Waals surface area (Å²) in [5.41, 5.74) is 1.90. The summed E-state index contributed by atoms with van der Waals surface area (Å²) in [7, 11) is -7.85. The Kier molecular flexibility index (Phi) is 14.8. The molecule has 258 valence electrons. The first-order chi connectivity index (χ1) is 22.2. The molecular weight excluding hydrogens is 633 g/mol. The van der Waals surface area contributed by atoms with E-state index in [1.165, 1.54) is 8.61 Å². The Morgan fingerprint density at radius 1 is 0.413 bits per heavy atom. The van der Waals surface area contributed by atoms with E-state index in [-0.39, 0.29) is 36.0 Å². The van der Waals surface area contributed by atoms with Crippen LogP contribution < -0.4 is 0 Å². The molecule has 4 rings (SSSR count). The van der Waals surface area contributed by atoms with Gasteiger partial charge in [0.2, 0.25) is 20.0 Å². The lowest BCUT2D eigenvalue weighted by Crippen LogP contribution is -2.46. The minimum Gasteiger partial charge on any atom is -0.379 e. The van der Waals surface area contributed by atoms with Crippen molar-refractivity contribution in [3.05, 3.63) is 59.7 Å². The van der Waals surface area contributed by atoms with Crippen LogP contribution in [0.3, 0.4) is 0 Å². The van der Waals surface area contributed by atoms with E-state index in [4.69, 9.17) is 18.9 Å². The number of rotatable bonds is 4. The van der Waals surface area contributed by atoms with Crippen LogP contribution in [-0.4, -0.2) is 154 Å². The van der Waals surface area contributed by atoms with Gasteiger partial charge in [0.1, 0.15) is 0 Å². The number of benzene rings is 2. The Bertz CT molecular complexity index is 1290. The predicted molar refractivity (Wildman–Crippen MR) is 176 cm³/mol. The molecule has 2 atom stereocenters. The number of aryl methyl sites for hydroxylation is 2. The molecule has 0 radical (unpaired) electrons. The van der Waals surface area contributed by atoms with Gasteiger partial charge in [0, 0.05) is 65.4 Å². The van der Waals surface area contributed by atoms with Gasteiger partial charge in [-0.15, -0.1) is 0 Å². The molecule has 0 aromatic heterocycles. The number of hydrogen-bond donors (Lipinski definition) is 0. The van der Waals surface area contributed by atoms with Crippen LogP contribution in [-0.2, 0) is 39.0 Å². The predicted octanol–water partition coefficient (Wildman–Crippen LogP) is 1.68. The highest BCUT2D eigenvalue weighted by molar-refractivity contribution is 7.89. The maximum Gasteiger partial charge on any atom is 0.243 e. The second kappa shape index (κ2) is 18.5. The standard InChI is InChI=1S/C32H50N4O8S2/c1-29-3-7-31(8-4-29)45(37,38)35-13-11-33-17-21-41-22-18-34(20-24-43-26-28-44-27-25-42-23-19-33)12-14-36(16-15-35)46(39,40)32-9-5-30(2)6-10-32/h3-10H,11-28H2,1-2H3. The van der Waals surface area contributed by atoms with E-state index in [0.717, 1.165) is 11.1 Å². The van der Waals surface area contributed by atoms with Crippen molar-refractivity contribution in [2.75, 3.05) is 118 Å². The maximum atomic E-state index is 14.0. The second-order valence-electron chi connectivity index (χ2n) is 11.6. The van der Waals surface area contributed by atoms with Crippen molar-refractivity contribution < 1.29 is 35.8 Å². The first-order valence-corrected chi connectivity index (χ1v) is 18.9. The fourth-order valence-electron chi connectivity index (χ4n) is 5.24. The van der Waals surface area contributed by atoms with E-state index < -0.39 is 20.0 Å². The minimum atomic E-state index is -3.92. The quantitative estimate of drug-likeness (QED) is 0.441. The van der Waals surface area contributed by atoms with Crippen LogP contribution >= 0.6 is 0 Å². The fourth-order valence-corrected chi connectivity index (χ4v) is 8.09. The molecule has 2 aromatic rings. The summed E-state index contributed by atoms with van der Waals surface area (Å²) in [6.45, 7) is 11.2. The topological polar surface area (TPSA) is 118 Å². The Hall–Kier alpha value is -1.98. The Morgan fingerprint density at radius 3 is 1.04 bits per heavy atom. The van der Waals surface area contributed by atoms with Gasteiger partial charge in [-0.3, -0.25) is 9.80 Å². The van der Waals surface area contributed by atoms with Crippen LogP contribution in [0.4, 0.5) is 0 Å². The van der Waals surface area contributed by atoms with Crippen molar-refractivity contribution in [1.29, 1.82) is 0 Å². The summed E-state index contributed by atoms with van der Waals surface area (Å²) in [4.78, 5) is 4.62. The number of hydrogen-bond acceptors (Lipinski definition) is 10. The van der Waals surface area contributed by atoms with Crippen molar-refractivity contribution in [2.45, 2.75) is 23.6 Å².